The first-order valence-electron chi connectivity index (χ1n) is 6.56. The number of carboxylic acids is 1. The maximum Gasteiger partial charge on any atom is 0.303 e. The highest BCUT2D eigenvalue weighted by Gasteiger charge is 2.24. The molecule has 1 fully saturated rings. The minimum Gasteiger partial charge on any atom is -0.481 e. The van der Waals surface area contributed by atoms with Crippen LogP contribution in [0.5, 0.6) is 0 Å². The zero-order valence-corrected chi connectivity index (χ0v) is 12.0. The number of hydrogen-bond donors (Lipinski definition) is 2. The highest BCUT2D eigenvalue weighted by molar-refractivity contribution is 7.99. The van der Waals surface area contributed by atoms with E-state index in [9.17, 15) is 9.59 Å². The summed E-state index contributed by atoms with van der Waals surface area (Å²) in [5.41, 5.74) is 0. The molecule has 2 unspecified atom stereocenters. The van der Waals surface area contributed by atoms with Gasteiger partial charge in [-0.25, -0.2) is 0 Å². The number of carboxylic acid groups (broad SMARTS) is 1. The molecule has 0 aromatic carbocycles. The molecular weight excluding hydrogens is 250 g/mol. The van der Waals surface area contributed by atoms with Gasteiger partial charge in [-0.05, 0) is 30.4 Å². The maximum atomic E-state index is 11.8. The van der Waals surface area contributed by atoms with E-state index >= 15 is 0 Å². The van der Waals surface area contributed by atoms with Crippen LogP contribution in [0, 0.1) is 17.8 Å². The van der Waals surface area contributed by atoms with E-state index in [0.717, 1.165) is 24.3 Å². The fourth-order valence-electron chi connectivity index (χ4n) is 2.28. The Morgan fingerprint density at radius 3 is 2.67 bits per heavy atom. The minimum atomic E-state index is -0.786. The van der Waals surface area contributed by atoms with Gasteiger partial charge in [-0.15, -0.1) is 0 Å². The zero-order valence-electron chi connectivity index (χ0n) is 11.1. The van der Waals surface area contributed by atoms with E-state index in [1.54, 1.807) is 0 Å². The van der Waals surface area contributed by atoms with Crippen molar-refractivity contribution in [2.24, 2.45) is 17.8 Å². The lowest BCUT2D eigenvalue weighted by Gasteiger charge is -2.19. The number of nitrogens with one attached hydrogen (secondary N) is 1. The quantitative estimate of drug-likeness (QED) is 0.744. The van der Waals surface area contributed by atoms with Crippen molar-refractivity contribution >= 4 is 23.6 Å². The summed E-state index contributed by atoms with van der Waals surface area (Å²) in [6.45, 7) is 4.64. The lowest BCUT2D eigenvalue weighted by atomic mass is 9.94. The molecule has 1 heterocycles. The summed E-state index contributed by atoms with van der Waals surface area (Å²) >= 11 is 1.81. The summed E-state index contributed by atoms with van der Waals surface area (Å²) in [5, 5.41) is 11.8. The van der Waals surface area contributed by atoms with Gasteiger partial charge in [0.2, 0.25) is 5.91 Å². The number of rotatable bonds is 7. The van der Waals surface area contributed by atoms with Crippen molar-refractivity contribution in [1.82, 2.24) is 5.32 Å². The van der Waals surface area contributed by atoms with Crippen molar-refractivity contribution < 1.29 is 14.7 Å². The first-order valence-corrected chi connectivity index (χ1v) is 7.71. The van der Waals surface area contributed by atoms with Crippen LogP contribution in [0.15, 0.2) is 0 Å². The highest BCUT2D eigenvalue weighted by atomic mass is 32.2. The summed E-state index contributed by atoms with van der Waals surface area (Å²) < 4.78 is 0. The van der Waals surface area contributed by atoms with Crippen LogP contribution in [0.4, 0.5) is 0 Å². The van der Waals surface area contributed by atoms with E-state index in [1.165, 1.54) is 0 Å². The third kappa shape index (κ3) is 5.76. The average Bonchev–Trinajstić information content (AvgIpc) is 2.77. The fraction of sp³-hybridized carbons (Fsp3) is 0.846. The van der Waals surface area contributed by atoms with Gasteiger partial charge in [-0.3, -0.25) is 9.59 Å². The molecule has 104 valence electrons. The van der Waals surface area contributed by atoms with Gasteiger partial charge < -0.3 is 10.4 Å². The van der Waals surface area contributed by atoms with Gasteiger partial charge in [0, 0.05) is 24.6 Å². The monoisotopic (exact) mass is 273 g/mol. The second-order valence-corrected chi connectivity index (χ2v) is 6.55. The smallest absolute Gasteiger partial charge is 0.303 e. The molecular formula is C13H23NO3S. The Hall–Kier alpha value is -0.710. The van der Waals surface area contributed by atoms with Gasteiger partial charge in [0.25, 0.3) is 0 Å². The summed E-state index contributed by atoms with van der Waals surface area (Å²) in [6, 6.07) is 0. The number of thioether (sulfide) groups is 1. The number of carbonyl (C=O) groups excluding carboxylic acids is 1. The molecule has 0 bridgehead atoms. The first-order chi connectivity index (χ1) is 8.49. The molecule has 1 aliphatic heterocycles. The lowest BCUT2D eigenvalue weighted by molar-refractivity contribution is -0.138. The second kappa shape index (κ2) is 7.67. The Kier molecular flexibility index (Phi) is 6.54. The Labute approximate surface area is 113 Å². The predicted molar refractivity (Wildman–Crippen MR) is 73.6 cm³/mol. The Bertz CT molecular complexity index is 288. The average molecular weight is 273 g/mol. The number of hydrogen-bond acceptors (Lipinski definition) is 3. The molecule has 18 heavy (non-hydrogen) atoms. The van der Waals surface area contributed by atoms with E-state index in [4.69, 9.17) is 5.11 Å². The van der Waals surface area contributed by atoms with Crippen molar-refractivity contribution in [3.63, 3.8) is 0 Å². The molecule has 0 aromatic rings. The van der Waals surface area contributed by atoms with Crippen molar-refractivity contribution in [3.8, 4) is 0 Å². The van der Waals surface area contributed by atoms with E-state index < -0.39 is 5.97 Å². The summed E-state index contributed by atoms with van der Waals surface area (Å²) in [6.07, 6.45) is 1.92. The third-order valence-electron chi connectivity index (χ3n) is 3.13. The second-order valence-electron chi connectivity index (χ2n) is 5.40. The number of amides is 1. The van der Waals surface area contributed by atoms with Crippen molar-refractivity contribution in [2.75, 3.05) is 18.1 Å². The number of aliphatic carboxylic acids is 1. The largest absolute Gasteiger partial charge is 0.481 e. The van der Waals surface area contributed by atoms with Gasteiger partial charge in [-0.1, -0.05) is 13.8 Å². The Morgan fingerprint density at radius 1 is 1.44 bits per heavy atom. The molecule has 0 aliphatic carbocycles. The molecule has 1 saturated heterocycles. The third-order valence-corrected chi connectivity index (χ3v) is 4.30. The molecule has 1 rings (SSSR count). The van der Waals surface area contributed by atoms with Crippen LogP contribution in [0.2, 0.25) is 0 Å². The van der Waals surface area contributed by atoms with Crippen LogP contribution in [-0.2, 0) is 9.59 Å². The van der Waals surface area contributed by atoms with E-state index in [2.05, 4.69) is 19.2 Å². The normalized spacial score (nSPS) is 20.9. The van der Waals surface area contributed by atoms with Crippen LogP contribution in [0.3, 0.4) is 0 Å². The van der Waals surface area contributed by atoms with Gasteiger partial charge >= 0.3 is 5.97 Å². The fourth-order valence-corrected chi connectivity index (χ4v) is 3.50. The molecule has 1 aliphatic rings. The SMILES string of the molecule is CC(C)CC(CNC(=O)C1CCSC1)CC(=O)O. The van der Waals surface area contributed by atoms with Gasteiger partial charge in [0.15, 0.2) is 0 Å². The molecule has 5 heteroatoms. The molecule has 2 N–H and O–H groups in total. The molecule has 1 amide bonds. The molecule has 4 nitrogen and oxygen atoms in total. The number of carbonyl (C=O) groups is 2. The van der Waals surface area contributed by atoms with E-state index in [1.807, 2.05) is 11.8 Å². The van der Waals surface area contributed by atoms with Gasteiger partial charge in [0.1, 0.15) is 0 Å². The summed E-state index contributed by atoms with van der Waals surface area (Å²) in [5.74, 6) is 1.89. The van der Waals surface area contributed by atoms with E-state index in [-0.39, 0.29) is 24.2 Å². The van der Waals surface area contributed by atoms with Crippen molar-refractivity contribution in [3.05, 3.63) is 0 Å². The van der Waals surface area contributed by atoms with Crippen molar-refractivity contribution in [1.29, 1.82) is 0 Å². The van der Waals surface area contributed by atoms with Crippen LogP contribution in [-0.4, -0.2) is 35.0 Å². The molecule has 2 atom stereocenters. The predicted octanol–water partition coefficient (Wildman–Crippen LogP) is 1.99. The van der Waals surface area contributed by atoms with Gasteiger partial charge in [-0.2, -0.15) is 11.8 Å². The van der Waals surface area contributed by atoms with Gasteiger partial charge in [0.05, 0.1) is 0 Å². The highest BCUT2D eigenvalue weighted by Crippen LogP contribution is 2.23. The van der Waals surface area contributed by atoms with Crippen LogP contribution in [0.25, 0.3) is 0 Å². The lowest BCUT2D eigenvalue weighted by Crippen LogP contribution is -2.35. The topological polar surface area (TPSA) is 66.4 Å². The summed E-state index contributed by atoms with van der Waals surface area (Å²) in [4.78, 5) is 22.6. The molecule has 0 aromatic heterocycles. The van der Waals surface area contributed by atoms with Crippen molar-refractivity contribution in [2.45, 2.75) is 33.1 Å². The minimum absolute atomic E-state index is 0.0421. The Morgan fingerprint density at radius 2 is 2.17 bits per heavy atom. The molecule has 0 spiro atoms. The Balaban J connectivity index is 2.35. The standard InChI is InChI=1S/C13H23NO3S/c1-9(2)5-10(6-12(15)16)7-14-13(17)11-3-4-18-8-11/h9-11H,3-8H2,1-2H3,(H,14,17)(H,15,16). The van der Waals surface area contributed by atoms with Crippen LogP contribution in [0.1, 0.15) is 33.1 Å². The molecule has 0 saturated carbocycles. The van der Waals surface area contributed by atoms with E-state index in [0.29, 0.717) is 12.5 Å². The van der Waals surface area contributed by atoms with Crippen LogP contribution >= 0.6 is 11.8 Å². The first kappa shape index (κ1) is 15.3. The zero-order chi connectivity index (χ0) is 13.5. The summed E-state index contributed by atoms with van der Waals surface area (Å²) in [7, 11) is 0. The maximum absolute atomic E-state index is 11.8. The van der Waals surface area contributed by atoms with Crippen LogP contribution < -0.4 is 5.32 Å². The molecule has 0 radical (unpaired) electrons.